The predicted molar refractivity (Wildman–Crippen MR) is 134 cm³/mol. The van der Waals surface area contributed by atoms with Gasteiger partial charge in [-0.15, -0.1) is 0 Å². The smallest absolute Gasteiger partial charge is 0.0959 e. The second-order valence-electron chi connectivity index (χ2n) is 13.0. The molecule has 2 N–H and O–H groups in total. The van der Waals surface area contributed by atoms with Gasteiger partial charge in [0.05, 0.1) is 17.4 Å². The second kappa shape index (κ2) is 8.94. The van der Waals surface area contributed by atoms with Crippen molar-refractivity contribution in [2.75, 3.05) is 0 Å². The van der Waals surface area contributed by atoms with Crippen LogP contribution in [0.2, 0.25) is 0 Å². The van der Waals surface area contributed by atoms with Crippen molar-refractivity contribution < 1.29 is 10.2 Å². The van der Waals surface area contributed by atoms with Crippen LogP contribution in [0.3, 0.4) is 0 Å². The molecule has 1 aromatic rings. The van der Waals surface area contributed by atoms with Crippen LogP contribution in [0.25, 0.3) is 0 Å². The molecule has 1 aromatic heterocycles. The fraction of sp³-hybridized carbons (Fsp3) is 0.833. The first kappa shape index (κ1) is 23.8. The van der Waals surface area contributed by atoms with Crippen LogP contribution < -0.4 is 0 Å². The summed E-state index contributed by atoms with van der Waals surface area (Å²) in [5.41, 5.74) is 1.38. The first-order chi connectivity index (χ1) is 15.8. The van der Waals surface area contributed by atoms with E-state index in [-0.39, 0.29) is 0 Å². The normalized spacial score (nSPS) is 45.7. The number of pyridine rings is 1. The highest BCUT2D eigenvalue weighted by atomic mass is 16.3. The van der Waals surface area contributed by atoms with Crippen molar-refractivity contribution in [1.29, 1.82) is 0 Å². The summed E-state index contributed by atoms with van der Waals surface area (Å²) in [5, 5.41) is 21.6. The predicted octanol–water partition coefficient (Wildman–Crippen LogP) is 7.09. The van der Waals surface area contributed by atoms with Crippen LogP contribution in [0.4, 0.5) is 0 Å². The van der Waals surface area contributed by atoms with E-state index < -0.39 is 11.7 Å². The van der Waals surface area contributed by atoms with Crippen LogP contribution in [0, 0.1) is 40.4 Å². The molecular weight excluding hydrogens is 406 g/mol. The molecule has 33 heavy (non-hydrogen) atoms. The van der Waals surface area contributed by atoms with E-state index in [1.54, 1.807) is 6.20 Å². The molecule has 4 saturated carbocycles. The molecule has 0 amide bonds. The summed E-state index contributed by atoms with van der Waals surface area (Å²) in [6, 6.07) is 5.83. The fourth-order valence-corrected chi connectivity index (χ4v) is 9.51. The Morgan fingerprint density at radius 1 is 1.00 bits per heavy atom. The minimum atomic E-state index is -0.421. The zero-order chi connectivity index (χ0) is 23.3. The third-order valence-electron chi connectivity index (χ3n) is 11.7. The van der Waals surface area contributed by atoms with Crippen molar-refractivity contribution in [3.05, 3.63) is 30.1 Å². The van der Waals surface area contributed by atoms with Crippen molar-refractivity contribution in [3.8, 4) is 0 Å². The van der Waals surface area contributed by atoms with Crippen molar-refractivity contribution in [3.63, 3.8) is 0 Å². The number of hydrogen-bond acceptors (Lipinski definition) is 3. The Balaban J connectivity index is 1.22. The molecule has 3 heteroatoms. The van der Waals surface area contributed by atoms with Gasteiger partial charge in [-0.05, 0) is 130 Å². The van der Waals surface area contributed by atoms with Gasteiger partial charge < -0.3 is 10.2 Å². The lowest BCUT2D eigenvalue weighted by atomic mass is 9.43. The van der Waals surface area contributed by atoms with E-state index >= 15 is 0 Å². The van der Waals surface area contributed by atoms with E-state index in [1.807, 2.05) is 18.2 Å². The van der Waals surface area contributed by atoms with E-state index in [1.165, 1.54) is 51.4 Å². The average Bonchev–Trinajstić information content (AvgIpc) is 3.16. The quantitative estimate of drug-likeness (QED) is 0.483. The summed E-state index contributed by atoms with van der Waals surface area (Å²) in [5.74, 6) is 4.22. The van der Waals surface area contributed by atoms with Crippen molar-refractivity contribution in [1.82, 2.24) is 4.98 Å². The summed E-state index contributed by atoms with van der Waals surface area (Å²) >= 11 is 0. The lowest BCUT2D eigenvalue weighted by molar-refractivity contribution is -0.151. The largest absolute Gasteiger partial charge is 0.390 e. The number of rotatable bonds is 6. The zero-order valence-corrected chi connectivity index (χ0v) is 21.3. The maximum atomic E-state index is 11.0. The number of aliphatic hydroxyl groups excluding tert-OH is 1. The first-order valence-electron chi connectivity index (χ1n) is 14.1. The molecule has 4 aliphatic carbocycles. The number of aromatic nitrogens is 1. The second-order valence-corrected chi connectivity index (χ2v) is 13.0. The minimum Gasteiger partial charge on any atom is -0.390 e. The van der Waals surface area contributed by atoms with E-state index in [2.05, 4.69) is 25.8 Å². The van der Waals surface area contributed by atoms with Crippen molar-refractivity contribution in [2.24, 2.45) is 40.4 Å². The number of nitrogens with zero attached hydrogens (tertiary/aromatic N) is 1. The Kier molecular flexibility index (Phi) is 6.44. The summed E-state index contributed by atoms with van der Waals surface area (Å²) in [6.07, 6.45) is 17.1. The van der Waals surface area contributed by atoms with Gasteiger partial charge in [-0.3, -0.25) is 4.98 Å². The molecule has 0 spiro atoms. The van der Waals surface area contributed by atoms with E-state index in [4.69, 9.17) is 0 Å². The van der Waals surface area contributed by atoms with Gasteiger partial charge in [0.25, 0.3) is 0 Å². The zero-order valence-electron chi connectivity index (χ0n) is 21.3. The third kappa shape index (κ3) is 4.10. The van der Waals surface area contributed by atoms with Crippen molar-refractivity contribution >= 4 is 0 Å². The number of fused-ring (bicyclic) bond motifs is 5. The van der Waals surface area contributed by atoms with Crippen LogP contribution in [0.15, 0.2) is 24.4 Å². The molecule has 0 saturated heterocycles. The molecule has 1 heterocycles. The average molecular weight is 454 g/mol. The number of aliphatic hydroxyl groups is 2. The van der Waals surface area contributed by atoms with Crippen LogP contribution in [0.5, 0.6) is 0 Å². The topological polar surface area (TPSA) is 53.4 Å². The molecule has 0 aliphatic heterocycles. The summed E-state index contributed by atoms with van der Waals surface area (Å²) in [7, 11) is 0. The SMILES string of the molecule is CC[C@]1(O)CC[C@@]2(C)[C@@H](CC[C@@H]3[C@@H]2CC[C@]2(C)[C@@H](CCC[C@@H](O)c4ccccn4)CC[C@@H]32)C1. The summed E-state index contributed by atoms with van der Waals surface area (Å²) < 4.78 is 0. The molecule has 4 aliphatic rings. The summed E-state index contributed by atoms with van der Waals surface area (Å²) in [6.45, 7) is 7.41. The monoisotopic (exact) mass is 453 g/mol. The molecular formula is C30H47NO2. The molecule has 0 radical (unpaired) electrons. The Morgan fingerprint density at radius 2 is 1.82 bits per heavy atom. The standard InChI is InChI=1S/C30H47NO2/c1-4-30(33)18-17-29(3)22(20-30)11-13-23-24-14-12-21(28(24,2)16-15-25(23)29)8-7-10-27(32)26-9-5-6-19-31-26/h5-6,9,19,21-25,27,32-33H,4,7-8,10-18,20H2,1-3H3/t21-,22-,23-,24-,25-,27+,28+,29-,30-/m0/s1. The maximum absolute atomic E-state index is 11.0. The molecule has 4 fully saturated rings. The number of hydrogen-bond donors (Lipinski definition) is 2. The van der Waals surface area contributed by atoms with Gasteiger partial charge in [-0.2, -0.15) is 0 Å². The molecule has 0 aromatic carbocycles. The fourth-order valence-electron chi connectivity index (χ4n) is 9.51. The molecule has 0 unspecified atom stereocenters. The third-order valence-corrected chi connectivity index (χ3v) is 11.7. The van der Waals surface area contributed by atoms with Gasteiger partial charge in [0, 0.05) is 6.20 Å². The van der Waals surface area contributed by atoms with Gasteiger partial charge in [0.2, 0.25) is 0 Å². The molecule has 9 atom stereocenters. The molecule has 5 rings (SSSR count). The van der Waals surface area contributed by atoms with Gasteiger partial charge in [0.1, 0.15) is 0 Å². The van der Waals surface area contributed by atoms with Crippen LogP contribution >= 0.6 is 0 Å². The van der Waals surface area contributed by atoms with Gasteiger partial charge in [-0.25, -0.2) is 0 Å². The van der Waals surface area contributed by atoms with E-state index in [0.29, 0.717) is 10.8 Å². The molecule has 3 nitrogen and oxygen atoms in total. The highest BCUT2D eigenvalue weighted by Gasteiger charge is 2.60. The van der Waals surface area contributed by atoms with Gasteiger partial charge in [0.15, 0.2) is 0 Å². The minimum absolute atomic E-state index is 0.390. The Labute approximate surface area is 201 Å². The molecule has 184 valence electrons. The van der Waals surface area contributed by atoms with Crippen LogP contribution in [-0.4, -0.2) is 20.8 Å². The van der Waals surface area contributed by atoms with E-state index in [0.717, 1.165) is 67.4 Å². The molecule has 0 bridgehead atoms. The highest BCUT2D eigenvalue weighted by Crippen LogP contribution is 2.68. The Morgan fingerprint density at radius 3 is 2.58 bits per heavy atom. The van der Waals surface area contributed by atoms with Gasteiger partial charge >= 0.3 is 0 Å². The lowest BCUT2D eigenvalue weighted by Crippen LogP contribution is -2.55. The highest BCUT2D eigenvalue weighted by molar-refractivity contribution is 5.11. The lowest BCUT2D eigenvalue weighted by Gasteiger charge is -2.62. The Bertz CT molecular complexity index is 813. The Hall–Kier alpha value is -0.930. The van der Waals surface area contributed by atoms with Crippen molar-refractivity contribution in [2.45, 2.75) is 116 Å². The van der Waals surface area contributed by atoms with Crippen LogP contribution in [0.1, 0.15) is 116 Å². The van der Waals surface area contributed by atoms with Gasteiger partial charge in [-0.1, -0.05) is 33.3 Å². The maximum Gasteiger partial charge on any atom is 0.0959 e. The van der Waals surface area contributed by atoms with E-state index in [9.17, 15) is 10.2 Å². The summed E-state index contributed by atoms with van der Waals surface area (Å²) in [4.78, 5) is 4.34. The van der Waals surface area contributed by atoms with Crippen LogP contribution in [-0.2, 0) is 0 Å². The first-order valence-corrected chi connectivity index (χ1v) is 14.1.